The predicted octanol–water partition coefficient (Wildman–Crippen LogP) is 2.80. The van der Waals surface area contributed by atoms with Crippen molar-refractivity contribution in [3.8, 4) is 6.07 Å². The largest absolute Gasteiger partial charge is 0.365 e. The number of nitriles is 1. The van der Waals surface area contributed by atoms with Crippen LogP contribution in [0.15, 0.2) is 23.3 Å². The number of allylic oxidation sites excluding steroid dienone is 1. The number of primary amides is 1. The number of nitrogens with zero attached hydrogens (tertiary/aromatic N) is 3. The zero-order valence-corrected chi connectivity index (χ0v) is 24.5. The fourth-order valence-corrected chi connectivity index (χ4v) is 7.70. The number of nitrogens with two attached hydrogens (primary N) is 1. The third-order valence-corrected chi connectivity index (χ3v) is 9.66. The van der Waals surface area contributed by atoms with Crippen LogP contribution in [-0.4, -0.2) is 65.3 Å². The Bertz CT molecular complexity index is 1220. The monoisotopic (exact) mass is 538 g/mol. The van der Waals surface area contributed by atoms with E-state index in [-0.39, 0.29) is 57.2 Å². The number of Topliss-reactive ketones (excluding diaryl/α,β-unsaturated/α-hetero) is 2. The van der Waals surface area contributed by atoms with Gasteiger partial charge < -0.3 is 15.5 Å². The summed E-state index contributed by atoms with van der Waals surface area (Å²) in [5, 5.41) is 9.15. The van der Waals surface area contributed by atoms with Crippen LogP contribution < -0.4 is 5.73 Å². The van der Waals surface area contributed by atoms with E-state index in [1.54, 1.807) is 30.9 Å². The standard InChI is InChI=1S/C15H22N2O3.C15H20N2O2/c1-9(18)17-6-5-11-14(2,3)12(19)10(13(16)20)7-15(11,4)8-17;1-10(18)17-6-5-12-14(2,3)13(19)11(8-16)7-15(12,4)9-17/h7,11H,5-6,8H2,1-4H3,(H2,16,20);7,12H,5-6,9H2,1-4H3/t11-,15+;12-,15+/m11/s1. The maximum absolute atomic E-state index is 12.5. The van der Waals surface area contributed by atoms with Crippen LogP contribution in [0.1, 0.15) is 68.2 Å². The average Bonchev–Trinajstić information content (AvgIpc) is 2.83. The van der Waals surface area contributed by atoms with Crippen LogP contribution in [0.25, 0.3) is 0 Å². The molecule has 0 unspecified atom stereocenters. The molecule has 2 heterocycles. The maximum Gasteiger partial charge on any atom is 0.252 e. The lowest BCUT2D eigenvalue weighted by Crippen LogP contribution is -2.57. The second kappa shape index (κ2) is 10.0. The highest BCUT2D eigenvalue weighted by molar-refractivity contribution is 6.21. The summed E-state index contributed by atoms with van der Waals surface area (Å²) in [6, 6.07) is 2.02. The Labute approximate surface area is 231 Å². The number of hydrogen-bond acceptors (Lipinski definition) is 6. The third-order valence-electron chi connectivity index (χ3n) is 9.66. The Morgan fingerprint density at radius 2 is 1.23 bits per heavy atom. The van der Waals surface area contributed by atoms with Gasteiger partial charge in [-0.3, -0.25) is 24.0 Å². The van der Waals surface area contributed by atoms with Crippen LogP contribution >= 0.6 is 0 Å². The molecule has 0 spiro atoms. The second-order valence-electron chi connectivity index (χ2n) is 13.3. The maximum atomic E-state index is 12.5. The molecule has 2 saturated heterocycles. The first kappa shape index (κ1) is 30.3. The highest BCUT2D eigenvalue weighted by atomic mass is 16.2. The van der Waals surface area contributed by atoms with Gasteiger partial charge in [0.1, 0.15) is 6.07 Å². The SMILES string of the molecule is CC(=O)N1CC[C@@H]2C(C)(C)C(=O)C(C#N)=C[C@@]2(C)C1.CC(=O)N1CC[C@@H]2C(C)(C)C(=O)C(C(N)=O)=C[C@@]2(C)C1. The minimum atomic E-state index is -0.678. The molecular weight excluding hydrogens is 496 g/mol. The molecule has 2 aliphatic carbocycles. The smallest absolute Gasteiger partial charge is 0.252 e. The van der Waals surface area contributed by atoms with Crippen molar-refractivity contribution in [3.05, 3.63) is 23.3 Å². The van der Waals surface area contributed by atoms with Crippen molar-refractivity contribution < 1.29 is 24.0 Å². The molecular formula is C30H42N4O5. The number of carbonyl (C=O) groups excluding carboxylic acids is 5. The van der Waals surface area contributed by atoms with Gasteiger partial charge in [-0.05, 0) is 24.7 Å². The van der Waals surface area contributed by atoms with Gasteiger partial charge in [0.15, 0.2) is 11.6 Å². The predicted molar refractivity (Wildman–Crippen MR) is 145 cm³/mol. The van der Waals surface area contributed by atoms with Crippen molar-refractivity contribution in [1.29, 1.82) is 5.26 Å². The first-order valence-corrected chi connectivity index (χ1v) is 13.6. The summed E-state index contributed by atoms with van der Waals surface area (Å²) in [5.41, 5.74) is 3.85. The second-order valence-corrected chi connectivity index (χ2v) is 13.3. The number of amides is 3. The van der Waals surface area contributed by atoms with Gasteiger partial charge in [-0.2, -0.15) is 5.26 Å². The molecule has 39 heavy (non-hydrogen) atoms. The summed E-state index contributed by atoms with van der Waals surface area (Å²) < 4.78 is 0. The van der Waals surface area contributed by atoms with Crippen LogP contribution in [0.4, 0.5) is 0 Å². The van der Waals surface area contributed by atoms with Crippen LogP contribution in [0.5, 0.6) is 0 Å². The third kappa shape index (κ3) is 5.18. The number of fused-ring (bicyclic) bond motifs is 2. The number of ketones is 2. The summed E-state index contributed by atoms with van der Waals surface area (Å²) in [5.74, 6) is -0.545. The molecule has 2 aliphatic heterocycles. The van der Waals surface area contributed by atoms with Crippen molar-refractivity contribution in [1.82, 2.24) is 9.80 Å². The van der Waals surface area contributed by atoms with Crippen molar-refractivity contribution in [2.75, 3.05) is 26.2 Å². The van der Waals surface area contributed by atoms with Gasteiger partial charge in [0, 0.05) is 61.7 Å². The summed E-state index contributed by atoms with van der Waals surface area (Å²) in [7, 11) is 0. The zero-order valence-electron chi connectivity index (χ0n) is 24.5. The van der Waals surface area contributed by atoms with Crippen LogP contribution in [0, 0.1) is 44.8 Å². The molecule has 9 heteroatoms. The Balaban J connectivity index is 0.000000216. The molecule has 0 bridgehead atoms. The topological polar surface area (TPSA) is 142 Å². The van der Waals surface area contributed by atoms with E-state index in [1.807, 2.05) is 45.6 Å². The number of hydrogen-bond donors (Lipinski definition) is 1. The lowest BCUT2D eigenvalue weighted by atomic mass is 9.54. The van der Waals surface area contributed by atoms with E-state index in [9.17, 15) is 24.0 Å². The van der Waals surface area contributed by atoms with E-state index >= 15 is 0 Å². The highest BCUT2D eigenvalue weighted by Crippen LogP contribution is 2.53. The Morgan fingerprint density at radius 1 is 0.821 bits per heavy atom. The lowest BCUT2D eigenvalue weighted by Gasteiger charge is -2.53. The van der Waals surface area contributed by atoms with E-state index in [4.69, 9.17) is 11.0 Å². The minimum Gasteiger partial charge on any atom is -0.365 e. The summed E-state index contributed by atoms with van der Waals surface area (Å²) in [4.78, 5) is 63.1. The first-order valence-electron chi connectivity index (χ1n) is 13.6. The molecule has 4 atom stereocenters. The minimum absolute atomic E-state index is 0.0217. The molecule has 4 aliphatic rings. The highest BCUT2D eigenvalue weighted by Gasteiger charge is 2.55. The van der Waals surface area contributed by atoms with E-state index in [0.717, 1.165) is 12.8 Å². The normalized spacial score (nSPS) is 32.8. The summed E-state index contributed by atoms with van der Waals surface area (Å²) in [6.45, 7) is 17.2. The Morgan fingerprint density at radius 3 is 1.62 bits per heavy atom. The lowest BCUT2D eigenvalue weighted by molar-refractivity contribution is -0.141. The molecule has 0 aromatic rings. The number of carbonyl (C=O) groups is 5. The quantitative estimate of drug-likeness (QED) is 0.509. The fraction of sp³-hybridized carbons (Fsp3) is 0.667. The molecule has 9 nitrogen and oxygen atoms in total. The Kier molecular flexibility index (Phi) is 7.79. The van der Waals surface area contributed by atoms with Gasteiger partial charge in [0.2, 0.25) is 11.8 Å². The van der Waals surface area contributed by atoms with E-state index in [2.05, 4.69) is 6.92 Å². The van der Waals surface area contributed by atoms with E-state index in [0.29, 0.717) is 26.2 Å². The molecule has 0 aromatic carbocycles. The van der Waals surface area contributed by atoms with Gasteiger partial charge in [-0.25, -0.2) is 0 Å². The molecule has 0 saturated carbocycles. The van der Waals surface area contributed by atoms with Crippen LogP contribution in [0.3, 0.4) is 0 Å². The molecule has 3 amide bonds. The van der Waals surface area contributed by atoms with Gasteiger partial charge >= 0.3 is 0 Å². The summed E-state index contributed by atoms with van der Waals surface area (Å²) in [6.07, 6.45) is 5.06. The number of rotatable bonds is 1. The molecule has 2 fully saturated rings. The van der Waals surface area contributed by atoms with Gasteiger partial charge in [0.05, 0.1) is 11.1 Å². The van der Waals surface area contributed by atoms with Crippen LogP contribution in [0.2, 0.25) is 0 Å². The van der Waals surface area contributed by atoms with Crippen molar-refractivity contribution in [3.63, 3.8) is 0 Å². The zero-order chi connectivity index (χ0) is 29.7. The van der Waals surface area contributed by atoms with Crippen LogP contribution in [-0.2, 0) is 24.0 Å². The van der Waals surface area contributed by atoms with E-state index < -0.39 is 16.7 Å². The van der Waals surface area contributed by atoms with Gasteiger partial charge in [0.25, 0.3) is 5.91 Å². The number of likely N-dealkylation sites (tertiary alicyclic amines) is 2. The molecule has 212 valence electrons. The average molecular weight is 539 g/mol. The fourth-order valence-electron chi connectivity index (χ4n) is 7.70. The summed E-state index contributed by atoms with van der Waals surface area (Å²) >= 11 is 0. The Hall–Kier alpha value is -3.28. The molecule has 0 radical (unpaired) electrons. The van der Waals surface area contributed by atoms with Crippen molar-refractivity contribution in [2.24, 2.45) is 39.2 Å². The van der Waals surface area contributed by atoms with Crippen molar-refractivity contribution in [2.45, 2.75) is 68.2 Å². The van der Waals surface area contributed by atoms with E-state index in [1.165, 1.54) is 0 Å². The first-order chi connectivity index (χ1) is 17.8. The van der Waals surface area contributed by atoms with Crippen molar-refractivity contribution >= 4 is 29.3 Å². The number of piperidine rings is 2. The van der Waals surface area contributed by atoms with Gasteiger partial charge in [-0.15, -0.1) is 0 Å². The molecule has 4 rings (SSSR count). The van der Waals surface area contributed by atoms with Gasteiger partial charge in [-0.1, -0.05) is 53.7 Å². The molecule has 2 N–H and O–H groups in total. The molecule has 0 aromatic heterocycles.